The van der Waals surface area contributed by atoms with Gasteiger partial charge in [0.15, 0.2) is 5.13 Å². The van der Waals surface area contributed by atoms with E-state index in [1.54, 1.807) is 0 Å². The zero-order valence-electron chi connectivity index (χ0n) is 10.1. The number of aromatic nitrogens is 1. The average Bonchev–Trinajstić information content (AvgIpc) is 2.62. The number of hydrogen-bond acceptors (Lipinski definition) is 5. The van der Waals surface area contributed by atoms with Crippen molar-refractivity contribution in [2.45, 2.75) is 32.5 Å². The highest BCUT2D eigenvalue weighted by Gasteiger charge is 2.32. The Labute approximate surface area is 104 Å². The van der Waals surface area contributed by atoms with Crippen LogP contribution in [-0.4, -0.2) is 40.9 Å². The topological polar surface area (TPSA) is 62.7 Å². The van der Waals surface area contributed by atoms with E-state index in [1.807, 2.05) is 20.8 Å². The molecule has 0 aliphatic carbocycles. The number of nitrogens with zero attached hydrogens (tertiary/aromatic N) is 2. The summed E-state index contributed by atoms with van der Waals surface area (Å²) in [5, 5.41) is 9.63. The maximum absolute atomic E-state index is 10.8. The Kier molecular flexibility index (Phi) is 3.09. The summed E-state index contributed by atoms with van der Waals surface area (Å²) in [5.74, 6) is -0.922. The molecule has 0 aromatic carbocycles. The van der Waals surface area contributed by atoms with Gasteiger partial charge in [0.05, 0.1) is 17.9 Å². The minimum atomic E-state index is -0.922. The fraction of sp³-hybridized carbons (Fsp3) is 0.636. The number of carbonyl (C=O) groups is 1. The quantitative estimate of drug-likeness (QED) is 0.875. The molecular formula is C11H16N2O3S. The van der Waals surface area contributed by atoms with Crippen LogP contribution in [0.2, 0.25) is 0 Å². The molecule has 2 rings (SSSR count). The summed E-state index contributed by atoms with van der Waals surface area (Å²) in [7, 11) is 0. The lowest BCUT2D eigenvalue weighted by molar-refractivity contribution is -0.0749. The molecule has 0 spiro atoms. The molecule has 5 nitrogen and oxygen atoms in total. The van der Waals surface area contributed by atoms with Gasteiger partial charge in [-0.2, -0.15) is 0 Å². The molecule has 1 N–H and O–H groups in total. The summed E-state index contributed by atoms with van der Waals surface area (Å²) in [4.78, 5) is 17.3. The fourth-order valence-corrected chi connectivity index (χ4v) is 2.87. The predicted molar refractivity (Wildman–Crippen MR) is 65.9 cm³/mol. The summed E-state index contributed by atoms with van der Waals surface area (Å²) in [6.45, 7) is 7.54. The lowest BCUT2D eigenvalue weighted by Crippen LogP contribution is -2.52. The van der Waals surface area contributed by atoms with Crippen molar-refractivity contribution in [3.63, 3.8) is 0 Å². The number of hydrogen-bond donors (Lipinski definition) is 1. The maximum atomic E-state index is 10.8. The Morgan fingerprint density at radius 1 is 1.71 bits per heavy atom. The first kappa shape index (κ1) is 12.3. The minimum Gasteiger partial charge on any atom is -0.477 e. The zero-order valence-corrected chi connectivity index (χ0v) is 11.0. The number of ether oxygens (including phenoxy) is 1. The van der Waals surface area contributed by atoms with E-state index >= 15 is 0 Å². The van der Waals surface area contributed by atoms with Gasteiger partial charge in [-0.3, -0.25) is 0 Å². The van der Waals surface area contributed by atoms with Gasteiger partial charge in [0, 0.05) is 13.1 Å². The van der Waals surface area contributed by atoms with Crippen LogP contribution in [-0.2, 0) is 4.74 Å². The first-order chi connectivity index (χ1) is 7.87. The van der Waals surface area contributed by atoms with Crippen LogP contribution >= 0.6 is 11.3 Å². The van der Waals surface area contributed by atoms with E-state index in [0.29, 0.717) is 0 Å². The van der Waals surface area contributed by atoms with Crippen LogP contribution in [0.4, 0.5) is 5.13 Å². The van der Waals surface area contributed by atoms with E-state index in [-0.39, 0.29) is 16.6 Å². The minimum absolute atomic E-state index is 0.121. The lowest BCUT2D eigenvalue weighted by Gasteiger charge is -2.41. The average molecular weight is 256 g/mol. The summed E-state index contributed by atoms with van der Waals surface area (Å²) >= 11 is 1.21. The molecule has 0 bridgehead atoms. The Morgan fingerprint density at radius 3 is 2.94 bits per heavy atom. The van der Waals surface area contributed by atoms with Crippen LogP contribution in [0, 0.1) is 0 Å². The highest BCUT2D eigenvalue weighted by molar-refractivity contribution is 7.17. The Hall–Kier alpha value is -1.14. The number of morpholine rings is 1. The Balaban J connectivity index is 2.18. The zero-order chi connectivity index (χ0) is 12.6. The predicted octanol–water partition coefficient (Wildman–Crippen LogP) is 1.84. The van der Waals surface area contributed by atoms with Gasteiger partial charge >= 0.3 is 5.97 Å². The second-order valence-electron chi connectivity index (χ2n) is 4.88. The van der Waals surface area contributed by atoms with E-state index in [9.17, 15) is 4.79 Å². The number of thiazole rings is 1. The van der Waals surface area contributed by atoms with Gasteiger partial charge in [-0.05, 0) is 20.8 Å². The Morgan fingerprint density at radius 2 is 2.41 bits per heavy atom. The molecule has 6 heteroatoms. The van der Waals surface area contributed by atoms with Gasteiger partial charge in [-0.25, -0.2) is 9.78 Å². The molecule has 1 aliphatic heterocycles. The molecule has 1 aliphatic rings. The third-order valence-corrected chi connectivity index (χ3v) is 3.59. The van der Waals surface area contributed by atoms with E-state index in [2.05, 4.69) is 9.88 Å². The first-order valence-electron chi connectivity index (χ1n) is 5.49. The third-order valence-electron chi connectivity index (χ3n) is 2.54. The number of carboxylic acid groups (broad SMARTS) is 1. The molecule has 0 radical (unpaired) electrons. The second kappa shape index (κ2) is 4.27. The SMILES string of the molecule is CC1CN(c2ncc(C(=O)O)s2)CC(C)(C)O1. The third kappa shape index (κ3) is 2.76. The molecule has 2 heterocycles. The van der Waals surface area contributed by atoms with Crippen LogP contribution < -0.4 is 4.90 Å². The summed E-state index contributed by atoms with van der Waals surface area (Å²) in [6.07, 6.45) is 1.53. The number of rotatable bonds is 2. The van der Waals surface area contributed by atoms with E-state index in [0.717, 1.165) is 18.2 Å². The first-order valence-corrected chi connectivity index (χ1v) is 6.31. The van der Waals surface area contributed by atoms with Crippen molar-refractivity contribution < 1.29 is 14.6 Å². The van der Waals surface area contributed by atoms with E-state index < -0.39 is 5.97 Å². The van der Waals surface area contributed by atoms with Crippen LogP contribution in [0.1, 0.15) is 30.4 Å². The normalized spacial score (nSPS) is 23.7. The van der Waals surface area contributed by atoms with Crippen molar-refractivity contribution >= 4 is 22.4 Å². The molecular weight excluding hydrogens is 240 g/mol. The summed E-state index contributed by atoms with van der Waals surface area (Å²) in [6, 6.07) is 0. The van der Waals surface area contributed by atoms with Crippen molar-refractivity contribution in [2.24, 2.45) is 0 Å². The van der Waals surface area contributed by atoms with Gasteiger partial charge in [0.2, 0.25) is 0 Å². The molecule has 1 unspecified atom stereocenters. The molecule has 0 saturated carbocycles. The van der Waals surface area contributed by atoms with Gasteiger partial charge < -0.3 is 14.7 Å². The Bertz CT molecular complexity index is 430. The van der Waals surface area contributed by atoms with Gasteiger partial charge in [-0.15, -0.1) is 0 Å². The molecule has 1 fully saturated rings. The van der Waals surface area contributed by atoms with Crippen LogP contribution in [0.3, 0.4) is 0 Å². The van der Waals surface area contributed by atoms with E-state index in [1.165, 1.54) is 17.5 Å². The smallest absolute Gasteiger partial charge is 0.347 e. The monoisotopic (exact) mass is 256 g/mol. The summed E-state index contributed by atoms with van der Waals surface area (Å²) in [5.41, 5.74) is -0.229. The molecule has 17 heavy (non-hydrogen) atoms. The standard InChI is InChI=1S/C11H16N2O3S/c1-7-5-13(6-11(2,3)16-7)10-12-4-8(17-10)9(14)15/h4,7H,5-6H2,1-3H3,(H,14,15). The van der Waals surface area contributed by atoms with Crippen LogP contribution in [0.15, 0.2) is 6.20 Å². The number of anilines is 1. The highest BCUT2D eigenvalue weighted by Crippen LogP contribution is 2.29. The maximum Gasteiger partial charge on any atom is 0.347 e. The molecule has 0 amide bonds. The molecule has 1 saturated heterocycles. The van der Waals surface area contributed by atoms with Crippen LogP contribution in [0.25, 0.3) is 0 Å². The van der Waals surface area contributed by atoms with Crippen LogP contribution in [0.5, 0.6) is 0 Å². The van der Waals surface area contributed by atoms with E-state index in [4.69, 9.17) is 9.84 Å². The van der Waals surface area contributed by atoms with Crippen molar-refractivity contribution in [3.8, 4) is 0 Å². The highest BCUT2D eigenvalue weighted by atomic mass is 32.1. The molecule has 94 valence electrons. The van der Waals surface area contributed by atoms with Crippen molar-refractivity contribution in [1.82, 2.24) is 4.98 Å². The summed E-state index contributed by atoms with van der Waals surface area (Å²) < 4.78 is 5.80. The molecule has 1 aromatic rings. The number of aromatic carboxylic acids is 1. The van der Waals surface area contributed by atoms with Crippen molar-refractivity contribution in [1.29, 1.82) is 0 Å². The molecule has 1 atom stereocenters. The fourth-order valence-electron chi connectivity index (χ4n) is 2.11. The molecule has 1 aromatic heterocycles. The second-order valence-corrected chi connectivity index (χ2v) is 5.89. The lowest BCUT2D eigenvalue weighted by atomic mass is 10.1. The largest absolute Gasteiger partial charge is 0.477 e. The van der Waals surface area contributed by atoms with Crippen molar-refractivity contribution in [3.05, 3.63) is 11.1 Å². The van der Waals surface area contributed by atoms with Gasteiger partial charge in [-0.1, -0.05) is 11.3 Å². The number of carboxylic acids is 1. The van der Waals surface area contributed by atoms with Gasteiger partial charge in [0.1, 0.15) is 4.88 Å². The van der Waals surface area contributed by atoms with Crippen molar-refractivity contribution in [2.75, 3.05) is 18.0 Å². The van der Waals surface area contributed by atoms with Gasteiger partial charge in [0.25, 0.3) is 0 Å².